The molecule has 0 fully saturated rings. The Morgan fingerprint density at radius 3 is 1.76 bits per heavy atom. The summed E-state index contributed by atoms with van der Waals surface area (Å²) >= 11 is 0. The van der Waals surface area contributed by atoms with Crippen LogP contribution >= 0.6 is 0 Å². The van der Waals surface area contributed by atoms with E-state index in [0.717, 1.165) is 18.2 Å². The zero-order valence-corrected chi connectivity index (χ0v) is 8.10. The molecule has 96 valence electrons. The van der Waals surface area contributed by atoms with Gasteiger partial charge in [-0.2, -0.15) is 22.0 Å². The molecule has 0 aliphatic heterocycles. The number of hydrogen-bond acceptors (Lipinski definition) is 2. The van der Waals surface area contributed by atoms with Gasteiger partial charge >= 0.3 is 18.0 Å². The minimum absolute atomic E-state index is 0.437. The minimum Gasteiger partial charge on any atom is -0.398 e. The molecule has 0 heterocycles. The third kappa shape index (κ3) is 2.04. The van der Waals surface area contributed by atoms with Gasteiger partial charge in [-0.3, -0.25) is 0 Å². The number of hydrogen-bond donors (Lipinski definition) is 2. The summed E-state index contributed by atoms with van der Waals surface area (Å²) < 4.78 is 75.9. The summed E-state index contributed by atoms with van der Waals surface area (Å²) in [6.07, 6.45) is -11.7. The van der Waals surface area contributed by atoms with Crippen LogP contribution in [0.25, 0.3) is 0 Å². The van der Waals surface area contributed by atoms with Gasteiger partial charge in [0.2, 0.25) is 0 Å². The first kappa shape index (κ1) is 13.6. The smallest absolute Gasteiger partial charge is 0.398 e. The Kier molecular flexibility index (Phi) is 3.04. The average Bonchev–Trinajstić information content (AvgIpc) is 2.13. The van der Waals surface area contributed by atoms with Gasteiger partial charge in [0, 0.05) is 11.3 Å². The van der Waals surface area contributed by atoms with Gasteiger partial charge in [-0.15, -0.1) is 0 Å². The zero-order valence-electron chi connectivity index (χ0n) is 8.10. The Bertz CT molecular complexity index is 397. The molecule has 0 aromatic heterocycles. The van der Waals surface area contributed by atoms with Crippen molar-refractivity contribution in [3.05, 3.63) is 29.8 Å². The van der Waals surface area contributed by atoms with Gasteiger partial charge in [0.25, 0.3) is 0 Å². The molecule has 0 amide bonds. The lowest BCUT2D eigenvalue weighted by Gasteiger charge is -2.32. The van der Waals surface area contributed by atoms with Crippen molar-refractivity contribution in [3.8, 4) is 0 Å². The second-order valence-corrected chi connectivity index (χ2v) is 3.28. The molecule has 3 N–H and O–H groups in total. The second-order valence-electron chi connectivity index (χ2n) is 3.28. The predicted octanol–water partition coefficient (Wildman–Crippen LogP) is 2.58. The Hall–Kier alpha value is -1.44. The van der Waals surface area contributed by atoms with Gasteiger partial charge < -0.3 is 10.8 Å². The molecular formula is C9H7F6NO. The van der Waals surface area contributed by atoms with Crippen LogP contribution in [0.4, 0.5) is 32.0 Å². The van der Waals surface area contributed by atoms with Crippen molar-refractivity contribution in [2.24, 2.45) is 0 Å². The van der Waals surface area contributed by atoms with Crippen LogP contribution in [0.15, 0.2) is 24.3 Å². The number of alkyl halides is 6. The highest BCUT2D eigenvalue weighted by Crippen LogP contribution is 2.52. The lowest BCUT2D eigenvalue weighted by molar-refractivity contribution is -0.375. The van der Waals surface area contributed by atoms with Crippen molar-refractivity contribution in [3.63, 3.8) is 0 Å². The molecule has 0 saturated carbocycles. The fourth-order valence-electron chi connectivity index (χ4n) is 1.30. The van der Waals surface area contributed by atoms with Crippen molar-refractivity contribution in [2.45, 2.75) is 18.0 Å². The van der Waals surface area contributed by atoms with Crippen LogP contribution < -0.4 is 5.73 Å². The van der Waals surface area contributed by atoms with E-state index >= 15 is 0 Å². The van der Waals surface area contributed by atoms with Crippen LogP contribution in [0.3, 0.4) is 0 Å². The van der Waals surface area contributed by atoms with Crippen molar-refractivity contribution >= 4 is 5.69 Å². The molecule has 0 saturated heterocycles. The van der Waals surface area contributed by atoms with E-state index < -0.39 is 29.2 Å². The second kappa shape index (κ2) is 3.80. The lowest BCUT2D eigenvalue weighted by Crippen LogP contribution is -2.53. The maximum Gasteiger partial charge on any atom is 0.435 e. The molecular weight excluding hydrogens is 252 g/mol. The molecule has 1 aromatic carbocycles. The number of rotatable bonds is 2. The molecule has 8 heteroatoms. The third-order valence-corrected chi connectivity index (χ3v) is 2.14. The maximum atomic E-state index is 13.6. The Morgan fingerprint density at radius 1 is 0.941 bits per heavy atom. The predicted molar refractivity (Wildman–Crippen MR) is 46.9 cm³/mol. The minimum atomic E-state index is -6.01. The summed E-state index contributed by atoms with van der Waals surface area (Å²) in [5.41, 5.74) is -2.59. The van der Waals surface area contributed by atoms with Gasteiger partial charge in [-0.25, -0.2) is 4.39 Å². The van der Waals surface area contributed by atoms with Gasteiger partial charge in [0.1, 0.15) is 0 Å². The maximum absolute atomic E-state index is 13.6. The fourth-order valence-corrected chi connectivity index (χ4v) is 1.30. The van der Waals surface area contributed by atoms with Crippen LogP contribution in [-0.2, 0) is 5.67 Å². The van der Waals surface area contributed by atoms with Crippen LogP contribution in [0.5, 0.6) is 0 Å². The molecule has 17 heavy (non-hydrogen) atoms. The molecule has 0 aliphatic carbocycles. The standard InChI is InChI=1S/C9H7F6NO/c10-7(8(11,12)13,9(14,15)17)5-3-1-2-4-6(5)16/h1-4,17H,16H2. The quantitative estimate of drug-likeness (QED) is 0.633. The molecule has 0 aliphatic rings. The van der Waals surface area contributed by atoms with E-state index in [1.807, 2.05) is 0 Å². The van der Waals surface area contributed by atoms with Crippen LogP contribution in [0.2, 0.25) is 0 Å². The Morgan fingerprint density at radius 2 is 1.41 bits per heavy atom. The van der Waals surface area contributed by atoms with Crippen LogP contribution in [-0.4, -0.2) is 17.4 Å². The number of aliphatic hydroxyl groups is 1. The van der Waals surface area contributed by atoms with Crippen LogP contribution in [0, 0.1) is 0 Å². The van der Waals surface area contributed by atoms with E-state index in [0.29, 0.717) is 6.07 Å². The fraction of sp³-hybridized carbons (Fsp3) is 0.333. The van der Waals surface area contributed by atoms with E-state index in [2.05, 4.69) is 0 Å². The highest BCUT2D eigenvalue weighted by molar-refractivity contribution is 5.51. The SMILES string of the molecule is Nc1ccccc1C(F)(C(O)(F)F)C(F)(F)F. The molecule has 1 unspecified atom stereocenters. The first-order valence-electron chi connectivity index (χ1n) is 4.22. The highest BCUT2D eigenvalue weighted by Gasteiger charge is 2.72. The third-order valence-electron chi connectivity index (χ3n) is 2.14. The number of nitrogen functional groups attached to an aromatic ring is 1. The topological polar surface area (TPSA) is 46.2 Å². The summed E-state index contributed by atoms with van der Waals surface area (Å²) in [4.78, 5) is 0. The normalized spacial score (nSPS) is 16.6. The molecule has 1 aromatic rings. The van der Waals surface area contributed by atoms with Crippen molar-refractivity contribution in [1.29, 1.82) is 0 Å². The van der Waals surface area contributed by atoms with E-state index in [4.69, 9.17) is 10.8 Å². The zero-order chi connectivity index (χ0) is 13.5. The van der Waals surface area contributed by atoms with Gasteiger partial charge in [-0.05, 0) is 6.07 Å². The van der Waals surface area contributed by atoms with Gasteiger partial charge in [0.05, 0.1) is 0 Å². The molecule has 0 radical (unpaired) electrons. The molecule has 1 rings (SSSR count). The average molecular weight is 259 g/mol. The van der Waals surface area contributed by atoms with Crippen molar-refractivity contribution in [1.82, 2.24) is 0 Å². The molecule has 2 nitrogen and oxygen atoms in total. The van der Waals surface area contributed by atoms with Crippen molar-refractivity contribution < 1.29 is 31.4 Å². The summed E-state index contributed by atoms with van der Waals surface area (Å²) in [7, 11) is 0. The van der Waals surface area contributed by atoms with Gasteiger partial charge in [0.15, 0.2) is 0 Å². The van der Waals surface area contributed by atoms with E-state index in [9.17, 15) is 26.3 Å². The monoisotopic (exact) mass is 259 g/mol. The first-order valence-corrected chi connectivity index (χ1v) is 4.22. The number of halogens is 6. The van der Waals surface area contributed by atoms with Crippen molar-refractivity contribution in [2.75, 3.05) is 5.73 Å². The van der Waals surface area contributed by atoms with E-state index in [-0.39, 0.29) is 0 Å². The summed E-state index contributed by atoms with van der Waals surface area (Å²) in [6.45, 7) is 0. The summed E-state index contributed by atoms with van der Waals surface area (Å²) in [5.74, 6) is 0. The highest BCUT2D eigenvalue weighted by atomic mass is 19.4. The number of benzene rings is 1. The van der Waals surface area contributed by atoms with Crippen LogP contribution in [0.1, 0.15) is 5.56 Å². The lowest BCUT2D eigenvalue weighted by atomic mass is 9.92. The van der Waals surface area contributed by atoms with E-state index in [1.165, 1.54) is 0 Å². The molecule has 1 atom stereocenters. The van der Waals surface area contributed by atoms with E-state index in [1.54, 1.807) is 0 Å². The molecule has 0 spiro atoms. The number of para-hydroxylation sites is 1. The van der Waals surface area contributed by atoms with Gasteiger partial charge in [-0.1, -0.05) is 18.2 Å². The first-order chi connectivity index (χ1) is 7.52. The summed E-state index contributed by atoms with van der Waals surface area (Å²) in [6, 6.07) is 3.30. The Labute approximate surface area is 91.7 Å². The molecule has 0 bridgehead atoms. The largest absolute Gasteiger partial charge is 0.435 e. The summed E-state index contributed by atoms with van der Waals surface area (Å²) in [5, 5.41) is 8.17. The number of anilines is 1. The number of nitrogens with two attached hydrogens (primary N) is 1. The Balaban J connectivity index is 3.53.